The van der Waals surface area contributed by atoms with Crippen molar-refractivity contribution in [2.75, 3.05) is 13.2 Å². The number of ether oxygens (including phenoxy) is 2. The number of rotatable bonds is 6. The average Bonchev–Trinajstić information content (AvgIpc) is 2.41. The summed E-state index contributed by atoms with van der Waals surface area (Å²) < 4.78 is 12.1. The van der Waals surface area contributed by atoms with Crippen molar-refractivity contribution in [1.82, 2.24) is 0 Å². The van der Waals surface area contributed by atoms with Crippen molar-refractivity contribution in [2.24, 2.45) is 0 Å². The molecule has 0 spiro atoms. The average molecular weight is 342 g/mol. The van der Waals surface area contributed by atoms with Gasteiger partial charge in [0.1, 0.15) is 12.4 Å². The van der Waals surface area contributed by atoms with Crippen LogP contribution in [0.4, 0.5) is 0 Å². The number of hydrogen-bond acceptors (Lipinski definition) is 2. The molecule has 0 fully saturated rings. The van der Waals surface area contributed by atoms with E-state index in [0.29, 0.717) is 19.8 Å². The minimum absolute atomic E-state index is 0.530. The van der Waals surface area contributed by atoms with Gasteiger partial charge >= 0.3 is 0 Å². The quantitative estimate of drug-likeness (QED) is 0.709. The van der Waals surface area contributed by atoms with Gasteiger partial charge in [0.25, 0.3) is 0 Å². The van der Waals surface area contributed by atoms with Gasteiger partial charge in [0.2, 0.25) is 0 Å². The first-order valence-electron chi connectivity index (χ1n) is 5.94. The molecule has 0 radical (unpaired) electrons. The zero-order chi connectivity index (χ0) is 13.5. The number of benzene rings is 2. The van der Waals surface area contributed by atoms with Gasteiger partial charge in [0.15, 0.2) is 0 Å². The van der Waals surface area contributed by atoms with Gasteiger partial charge in [-0.3, -0.25) is 0 Å². The lowest BCUT2D eigenvalue weighted by Crippen LogP contribution is -2.06. The molecule has 2 rings (SSSR count). The number of halogens is 2. The number of hydrogen-bond donors (Lipinski definition) is 0. The Morgan fingerprint density at radius 3 is 2.53 bits per heavy atom. The lowest BCUT2D eigenvalue weighted by atomic mass is 10.2. The van der Waals surface area contributed by atoms with E-state index in [0.717, 1.165) is 20.8 Å². The topological polar surface area (TPSA) is 18.5 Å². The summed E-state index contributed by atoms with van der Waals surface area (Å²) in [6, 6.07) is 15.4. The molecule has 0 heterocycles. The molecule has 0 amide bonds. The third kappa shape index (κ3) is 5.23. The largest absolute Gasteiger partial charge is 0.491 e. The molecule has 0 aliphatic heterocycles. The van der Waals surface area contributed by atoms with Crippen molar-refractivity contribution < 1.29 is 9.47 Å². The maximum absolute atomic E-state index is 5.89. The second-order valence-electron chi connectivity index (χ2n) is 3.98. The molecule has 0 aliphatic rings. The van der Waals surface area contributed by atoms with Crippen LogP contribution < -0.4 is 4.74 Å². The first-order valence-corrected chi connectivity index (χ1v) is 7.12. The maximum atomic E-state index is 5.89. The van der Waals surface area contributed by atoms with E-state index in [-0.39, 0.29) is 0 Å². The van der Waals surface area contributed by atoms with Crippen LogP contribution in [0, 0.1) is 0 Å². The monoisotopic (exact) mass is 340 g/mol. The summed E-state index contributed by atoms with van der Waals surface area (Å²) in [6.45, 7) is 1.62. The molecule has 0 unspecified atom stereocenters. The zero-order valence-corrected chi connectivity index (χ0v) is 12.7. The van der Waals surface area contributed by atoms with Gasteiger partial charge in [-0.15, -0.1) is 0 Å². The predicted octanol–water partition coefficient (Wildman–Crippen LogP) is 4.70. The van der Waals surface area contributed by atoms with E-state index in [1.54, 1.807) is 0 Å². The summed E-state index contributed by atoms with van der Waals surface area (Å²) in [5, 5.41) is 0.729. The van der Waals surface area contributed by atoms with Crippen LogP contribution in [-0.4, -0.2) is 13.2 Å². The lowest BCUT2D eigenvalue weighted by Gasteiger charge is -2.07. The summed E-state index contributed by atoms with van der Waals surface area (Å²) in [7, 11) is 0. The van der Waals surface area contributed by atoms with Crippen LogP contribution in [0.1, 0.15) is 5.56 Å². The molecule has 4 heteroatoms. The standard InChI is InChI=1S/C15H14BrClO2/c16-13-4-6-15(7-5-13)19-9-8-18-11-12-2-1-3-14(17)10-12/h1-7,10H,8-9,11H2. The van der Waals surface area contributed by atoms with Crippen LogP contribution >= 0.6 is 27.5 Å². The molecule has 100 valence electrons. The van der Waals surface area contributed by atoms with Crippen LogP contribution in [0.25, 0.3) is 0 Å². The summed E-state index contributed by atoms with van der Waals surface area (Å²) in [6.07, 6.45) is 0. The Hall–Kier alpha value is -1.03. The van der Waals surface area contributed by atoms with Gasteiger partial charge in [-0.05, 0) is 42.0 Å². The molecule has 0 atom stereocenters. The smallest absolute Gasteiger partial charge is 0.119 e. The zero-order valence-electron chi connectivity index (χ0n) is 10.3. The highest BCUT2D eigenvalue weighted by atomic mass is 79.9. The fraction of sp³-hybridized carbons (Fsp3) is 0.200. The van der Waals surface area contributed by atoms with Crippen molar-refractivity contribution in [2.45, 2.75) is 6.61 Å². The molecule has 0 saturated heterocycles. The van der Waals surface area contributed by atoms with Gasteiger partial charge in [0, 0.05) is 9.50 Å². The van der Waals surface area contributed by atoms with Crippen molar-refractivity contribution in [3.05, 3.63) is 63.6 Å². The Morgan fingerprint density at radius 2 is 1.79 bits per heavy atom. The first kappa shape index (κ1) is 14.4. The van der Waals surface area contributed by atoms with Gasteiger partial charge in [0.05, 0.1) is 13.2 Å². The Kier molecular flexibility index (Phi) is 5.70. The highest BCUT2D eigenvalue weighted by Gasteiger charge is 1.96. The first-order chi connectivity index (χ1) is 9.24. The molecule has 2 aromatic rings. The normalized spacial score (nSPS) is 10.4. The van der Waals surface area contributed by atoms with Gasteiger partial charge < -0.3 is 9.47 Å². The van der Waals surface area contributed by atoms with E-state index in [4.69, 9.17) is 21.1 Å². The minimum Gasteiger partial charge on any atom is -0.491 e. The van der Waals surface area contributed by atoms with Crippen molar-refractivity contribution in [3.63, 3.8) is 0 Å². The Labute approximate surface area is 126 Å². The van der Waals surface area contributed by atoms with Crippen LogP contribution in [-0.2, 0) is 11.3 Å². The molecular weight excluding hydrogens is 328 g/mol. The van der Waals surface area contributed by atoms with Gasteiger partial charge in [-0.2, -0.15) is 0 Å². The summed E-state index contributed by atoms with van der Waals surface area (Å²) in [5.74, 6) is 0.842. The van der Waals surface area contributed by atoms with Crippen molar-refractivity contribution in [3.8, 4) is 5.75 Å². The molecule has 2 nitrogen and oxygen atoms in total. The molecule has 19 heavy (non-hydrogen) atoms. The fourth-order valence-electron chi connectivity index (χ4n) is 1.57. The van der Waals surface area contributed by atoms with Crippen LogP contribution in [0.2, 0.25) is 5.02 Å². The SMILES string of the molecule is Clc1cccc(COCCOc2ccc(Br)cc2)c1. The van der Waals surface area contributed by atoms with Gasteiger partial charge in [-0.25, -0.2) is 0 Å². The molecule has 2 aromatic carbocycles. The molecular formula is C15H14BrClO2. The van der Waals surface area contributed by atoms with Crippen molar-refractivity contribution in [1.29, 1.82) is 0 Å². The van der Waals surface area contributed by atoms with Gasteiger partial charge in [-0.1, -0.05) is 39.7 Å². The minimum atomic E-state index is 0.530. The molecule has 0 saturated carbocycles. The third-order valence-corrected chi connectivity index (χ3v) is 3.23. The fourth-order valence-corrected chi connectivity index (χ4v) is 2.04. The van der Waals surface area contributed by atoms with E-state index >= 15 is 0 Å². The van der Waals surface area contributed by atoms with Crippen LogP contribution in [0.15, 0.2) is 53.0 Å². The second-order valence-corrected chi connectivity index (χ2v) is 5.34. The molecule has 0 aliphatic carbocycles. The predicted molar refractivity (Wildman–Crippen MR) is 80.7 cm³/mol. The molecule has 0 bridgehead atoms. The van der Waals surface area contributed by atoms with E-state index in [1.807, 2.05) is 48.5 Å². The maximum Gasteiger partial charge on any atom is 0.119 e. The second kappa shape index (κ2) is 7.53. The van der Waals surface area contributed by atoms with E-state index in [1.165, 1.54) is 0 Å². The van der Waals surface area contributed by atoms with E-state index in [2.05, 4.69) is 15.9 Å². The molecule has 0 N–H and O–H groups in total. The third-order valence-electron chi connectivity index (χ3n) is 2.47. The van der Waals surface area contributed by atoms with Crippen LogP contribution in [0.3, 0.4) is 0 Å². The summed E-state index contributed by atoms with van der Waals surface area (Å²) in [5.41, 5.74) is 1.07. The Bertz CT molecular complexity index is 514. The highest BCUT2D eigenvalue weighted by molar-refractivity contribution is 9.10. The summed E-state index contributed by atoms with van der Waals surface area (Å²) in [4.78, 5) is 0. The highest BCUT2D eigenvalue weighted by Crippen LogP contribution is 2.16. The molecule has 0 aromatic heterocycles. The van der Waals surface area contributed by atoms with Crippen LogP contribution in [0.5, 0.6) is 5.75 Å². The lowest BCUT2D eigenvalue weighted by molar-refractivity contribution is 0.0889. The summed E-state index contributed by atoms with van der Waals surface area (Å²) >= 11 is 9.27. The Morgan fingerprint density at radius 1 is 1.00 bits per heavy atom. The van der Waals surface area contributed by atoms with E-state index < -0.39 is 0 Å². The Balaban J connectivity index is 1.66. The van der Waals surface area contributed by atoms with Crippen molar-refractivity contribution >= 4 is 27.5 Å². The van der Waals surface area contributed by atoms with E-state index in [9.17, 15) is 0 Å².